The highest BCUT2D eigenvalue weighted by Gasteiger charge is 2.55. The predicted molar refractivity (Wildman–Crippen MR) is 63.3 cm³/mol. The number of hydrogen-bond acceptors (Lipinski definition) is 3. The SMILES string of the molecule is OC(Cn1cncn1)(c1ccc(F)cc1F)C1CC1F. The summed E-state index contributed by atoms with van der Waals surface area (Å²) >= 11 is 0. The molecule has 0 aliphatic heterocycles. The standard InChI is InChI=1S/C13H12F3N3O/c14-8-1-2-9(11(15)3-8)13(20,10-4-12(10)16)5-19-7-17-6-18-19/h1-3,6-7,10,12,20H,4-5H2. The Morgan fingerprint density at radius 3 is 2.70 bits per heavy atom. The molecule has 3 atom stereocenters. The fraction of sp³-hybridized carbons (Fsp3) is 0.385. The Morgan fingerprint density at radius 2 is 2.15 bits per heavy atom. The van der Waals surface area contributed by atoms with Gasteiger partial charge in [-0.2, -0.15) is 5.10 Å². The van der Waals surface area contributed by atoms with Crippen LogP contribution in [0.15, 0.2) is 30.9 Å². The molecule has 0 radical (unpaired) electrons. The molecule has 0 saturated heterocycles. The van der Waals surface area contributed by atoms with Gasteiger partial charge in [0, 0.05) is 17.5 Å². The molecule has 1 fully saturated rings. The normalized spacial score (nSPS) is 24.4. The first kappa shape index (κ1) is 13.1. The minimum absolute atomic E-state index is 0.125. The highest BCUT2D eigenvalue weighted by atomic mass is 19.1. The first-order chi connectivity index (χ1) is 9.50. The molecule has 1 aliphatic carbocycles. The average Bonchev–Trinajstić information content (AvgIpc) is 2.92. The van der Waals surface area contributed by atoms with E-state index in [2.05, 4.69) is 10.1 Å². The molecule has 3 rings (SSSR count). The Morgan fingerprint density at radius 1 is 1.40 bits per heavy atom. The van der Waals surface area contributed by atoms with Crippen LogP contribution in [0.1, 0.15) is 12.0 Å². The second-order valence-corrected chi connectivity index (χ2v) is 5.00. The second kappa shape index (κ2) is 4.59. The monoisotopic (exact) mass is 283 g/mol. The Labute approximate surface area is 112 Å². The summed E-state index contributed by atoms with van der Waals surface area (Å²) in [4.78, 5) is 3.73. The molecule has 3 unspecified atom stereocenters. The van der Waals surface area contributed by atoms with E-state index in [1.165, 1.54) is 17.3 Å². The number of aliphatic hydroxyl groups is 1. The number of halogens is 3. The fourth-order valence-electron chi connectivity index (χ4n) is 2.46. The minimum atomic E-state index is -1.77. The van der Waals surface area contributed by atoms with E-state index in [0.717, 1.165) is 12.1 Å². The quantitative estimate of drug-likeness (QED) is 0.931. The van der Waals surface area contributed by atoms with Crippen LogP contribution in [0.25, 0.3) is 0 Å². The van der Waals surface area contributed by atoms with Crippen LogP contribution in [0.2, 0.25) is 0 Å². The maximum absolute atomic E-state index is 13.9. The maximum atomic E-state index is 13.9. The molecule has 7 heteroatoms. The van der Waals surface area contributed by atoms with Crippen molar-refractivity contribution >= 4 is 0 Å². The van der Waals surface area contributed by atoms with E-state index < -0.39 is 29.3 Å². The lowest BCUT2D eigenvalue weighted by molar-refractivity contribution is -0.0177. The van der Waals surface area contributed by atoms with Crippen molar-refractivity contribution in [3.05, 3.63) is 48.1 Å². The van der Waals surface area contributed by atoms with Crippen molar-refractivity contribution in [1.29, 1.82) is 0 Å². The molecule has 1 heterocycles. The predicted octanol–water partition coefficient (Wildman–Crippen LogP) is 1.80. The molecule has 1 saturated carbocycles. The van der Waals surface area contributed by atoms with Crippen molar-refractivity contribution in [3.8, 4) is 0 Å². The Bertz CT molecular complexity index is 619. The maximum Gasteiger partial charge on any atom is 0.137 e. The largest absolute Gasteiger partial charge is 0.383 e. The highest BCUT2D eigenvalue weighted by molar-refractivity contribution is 5.28. The van der Waals surface area contributed by atoms with E-state index in [9.17, 15) is 18.3 Å². The number of nitrogens with zero attached hydrogens (tertiary/aromatic N) is 3. The molecule has 0 bridgehead atoms. The van der Waals surface area contributed by atoms with Crippen molar-refractivity contribution < 1.29 is 18.3 Å². The Balaban J connectivity index is 2.01. The van der Waals surface area contributed by atoms with Gasteiger partial charge in [0.2, 0.25) is 0 Å². The zero-order valence-electron chi connectivity index (χ0n) is 10.4. The summed E-state index contributed by atoms with van der Waals surface area (Å²) < 4.78 is 41.6. The van der Waals surface area contributed by atoms with Crippen LogP contribution in [-0.2, 0) is 12.1 Å². The molecule has 0 amide bonds. The van der Waals surface area contributed by atoms with Gasteiger partial charge in [0.25, 0.3) is 0 Å². The molecule has 106 valence electrons. The molecular formula is C13H12F3N3O. The summed E-state index contributed by atoms with van der Waals surface area (Å²) in [6.45, 7) is -0.138. The van der Waals surface area contributed by atoms with Gasteiger partial charge in [0.15, 0.2) is 0 Å². The lowest BCUT2D eigenvalue weighted by Gasteiger charge is -2.28. The molecule has 1 aliphatic rings. The smallest absolute Gasteiger partial charge is 0.137 e. The van der Waals surface area contributed by atoms with Crippen LogP contribution in [0.5, 0.6) is 0 Å². The van der Waals surface area contributed by atoms with Gasteiger partial charge in [0.05, 0.1) is 6.54 Å². The second-order valence-electron chi connectivity index (χ2n) is 5.00. The van der Waals surface area contributed by atoms with E-state index >= 15 is 0 Å². The summed E-state index contributed by atoms with van der Waals surface area (Å²) in [7, 11) is 0. The first-order valence-corrected chi connectivity index (χ1v) is 6.15. The Kier molecular flexibility index (Phi) is 3.01. The minimum Gasteiger partial charge on any atom is -0.383 e. The van der Waals surface area contributed by atoms with Gasteiger partial charge in [-0.15, -0.1) is 0 Å². The molecule has 2 aromatic rings. The molecule has 1 aromatic carbocycles. The van der Waals surface area contributed by atoms with Gasteiger partial charge in [-0.1, -0.05) is 6.07 Å². The third kappa shape index (κ3) is 2.18. The lowest BCUT2D eigenvalue weighted by atomic mass is 9.88. The van der Waals surface area contributed by atoms with Crippen LogP contribution < -0.4 is 0 Å². The van der Waals surface area contributed by atoms with Gasteiger partial charge in [-0.3, -0.25) is 0 Å². The summed E-state index contributed by atoms with van der Waals surface area (Å²) in [5.74, 6) is -2.37. The first-order valence-electron chi connectivity index (χ1n) is 6.15. The van der Waals surface area contributed by atoms with Crippen molar-refractivity contribution in [1.82, 2.24) is 14.8 Å². The van der Waals surface area contributed by atoms with Crippen molar-refractivity contribution in [2.75, 3.05) is 0 Å². The van der Waals surface area contributed by atoms with Crippen molar-refractivity contribution in [2.24, 2.45) is 5.92 Å². The number of rotatable bonds is 4. The highest BCUT2D eigenvalue weighted by Crippen LogP contribution is 2.49. The Hall–Kier alpha value is -1.89. The van der Waals surface area contributed by atoms with Crippen molar-refractivity contribution in [3.63, 3.8) is 0 Å². The van der Waals surface area contributed by atoms with Gasteiger partial charge in [-0.05, 0) is 12.5 Å². The van der Waals surface area contributed by atoms with Gasteiger partial charge < -0.3 is 5.11 Å². The number of aromatic nitrogens is 3. The fourth-order valence-corrected chi connectivity index (χ4v) is 2.46. The van der Waals surface area contributed by atoms with E-state index in [0.29, 0.717) is 6.07 Å². The molecular weight excluding hydrogens is 271 g/mol. The molecule has 20 heavy (non-hydrogen) atoms. The molecule has 0 spiro atoms. The van der Waals surface area contributed by atoms with E-state index in [1.807, 2.05) is 0 Å². The lowest BCUT2D eigenvalue weighted by Crippen LogP contribution is -2.36. The summed E-state index contributed by atoms with van der Waals surface area (Å²) in [5, 5.41) is 14.6. The van der Waals surface area contributed by atoms with Crippen LogP contribution in [0.4, 0.5) is 13.2 Å². The average molecular weight is 283 g/mol. The van der Waals surface area contributed by atoms with E-state index in [1.54, 1.807) is 0 Å². The zero-order chi connectivity index (χ0) is 14.3. The number of alkyl halides is 1. The van der Waals surface area contributed by atoms with Gasteiger partial charge in [0.1, 0.15) is 36.1 Å². The van der Waals surface area contributed by atoms with Crippen LogP contribution >= 0.6 is 0 Å². The molecule has 1 N–H and O–H groups in total. The number of benzene rings is 1. The molecule has 1 aromatic heterocycles. The zero-order valence-corrected chi connectivity index (χ0v) is 10.4. The summed E-state index contributed by atoms with van der Waals surface area (Å²) in [6.07, 6.45) is 1.55. The van der Waals surface area contributed by atoms with Gasteiger partial charge in [-0.25, -0.2) is 22.8 Å². The third-order valence-electron chi connectivity index (χ3n) is 3.59. The van der Waals surface area contributed by atoms with Gasteiger partial charge >= 0.3 is 0 Å². The van der Waals surface area contributed by atoms with E-state index in [4.69, 9.17) is 0 Å². The summed E-state index contributed by atoms with van der Waals surface area (Å²) in [5.41, 5.74) is -1.90. The topological polar surface area (TPSA) is 50.9 Å². The van der Waals surface area contributed by atoms with Crippen LogP contribution in [0, 0.1) is 17.6 Å². The van der Waals surface area contributed by atoms with Crippen LogP contribution in [-0.4, -0.2) is 26.0 Å². The van der Waals surface area contributed by atoms with Crippen LogP contribution in [0.3, 0.4) is 0 Å². The third-order valence-corrected chi connectivity index (χ3v) is 3.59. The molecule has 4 nitrogen and oxygen atoms in total. The van der Waals surface area contributed by atoms with E-state index in [-0.39, 0.29) is 18.5 Å². The number of hydrogen-bond donors (Lipinski definition) is 1. The summed E-state index contributed by atoms with van der Waals surface area (Å²) in [6, 6.07) is 2.87. The van der Waals surface area contributed by atoms with Crippen molar-refractivity contribution in [2.45, 2.75) is 24.7 Å².